The molecule has 0 bridgehead atoms. The normalized spacial score (nSPS) is 12.5. The Hall–Kier alpha value is -1.35. The number of rotatable bonds is 2. The van der Waals surface area contributed by atoms with Crippen LogP contribution >= 0.6 is 11.6 Å². The topological polar surface area (TPSA) is 49.7 Å². The number of oxime groups is 1. The van der Waals surface area contributed by atoms with Crippen LogP contribution in [0.1, 0.15) is 22.9 Å². The predicted octanol–water partition coefficient (Wildman–Crippen LogP) is 2.18. The molecule has 0 amide bonds. The molecule has 0 fully saturated rings. The van der Waals surface area contributed by atoms with Gasteiger partial charge in [0.2, 0.25) is 0 Å². The average molecular weight is 200 g/mol. The van der Waals surface area contributed by atoms with E-state index in [4.69, 9.17) is 18.2 Å². The second-order valence-electron chi connectivity index (χ2n) is 2.47. The maximum absolute atomic E-state index is 10.9. The summed E-state index contributed by atoms with van der Waals surface area (Å²) in [4.78, 5) is 10.9. The Kier molecular flexibility index (Phi) is 2.57. The summed E-state index contributed by atoms with van der Waals surface area (Å²) in [5.74, 6) is 0. The van der Waals surface area contributed by atoms with Gasteiger partial charge in [-0.2, -0.15) is 0 Å². The minimum Gasteiger partial charge on any atom is -0.410 e. The van der Waals surface area contributed by atoms with Crippen molar-refractivity contribution in [1.29, 1.82) is 0 Å². The average Bonchev–Trinajstić information content (AvgIpc) is 2.16. The van der Waals surface area contributed by atoms with Crippen LogP contribution in [0, 0.1) is 6.92 Å². The van der Waals surface area contributed by atoms with E-state index in [1.165, 1.54) is 6.07 Å². The number of hydrogen-bond donors (Lipinski definition) is 1. The molecule has 0 aromatic heterocycles. The summed E-state index contributed by atoms with van der Waals surface area (Å²) >= 11 is 5.60. The molecule has 0 aliphatic rings. The predicted molar refractivity (Wildman–Crippen MR) is 50.7 cm³/mol. The van der Waals surface area contributed by atoms with Crippen molar-refractivity contribution in [2.45, 2.75) is 6.92 Å². The second-order valence-corrected chi connectivity index (χ2v) is 2.83. The summed E-state index contributed by atoms with van der Waals surface area (Å²) in [5, 5.41) is 11.2. The molecule has 1 aromatic carbocycles. The van der Waals surface area contributed by atoms with Gasteiger partial charge in [0.25, 0.3) is 0 Å². The van der Waals surface area contributed by atoms with Gasteiger partial charge in [-0.15, -0.1) is 0 Å². The summed E-state index contributed by atoms with van der Waals surface area (Å²) in [7, 11) is 0. The van der Waals surface area contributed by atoms with Crippen LogP contribution in [-0.4, -0.2) is 16.6 Å². The van der Waals surface area contributed by atoms with Crippen molar-refractivity contribution in [3.05, 3.63) is 34.9 Å². The minimum atomic E-state index is -0.785. The standard InChI is InChI=1S/C9H8ClNO2/c1-6-7(5-12)3-2-4-8(6)9(10)11-13/h2-5,13H,1H3/b11-9-/i5T. The maximum atomic E-state index is 10.9. The van der Waals surface area contributed by atoms with Crippen molar-refractivity contribution in [2.24, 2.45) is 5.16 Å². The van der Waals surface area contributed by atoms with Gasteiger partial charge < -0.3 is 5.21 Å². The molecule has 13 heavy (non-hydrogen) atoms. The number of halogens is 1. The molecule has 4 heteroatoms. The lowest BCUT2D eigenvalue weighted by Gasteiger charge is -2.03. The smallest absolute Gasteiger partial charge is 0.175 e. The highest BCUT2D eigenvalue weighted by Crippen LogP contribution is 2.14. The van der Waals surface area contributed by atoms with Gasteiger partial charge in [0.15, 0.2) is 5.17 Å². The molecule has 0 aliphatic carbocycles. The second kappa shape index (κ2) is 4.05. The zero-order chi connectivity index (χ0) is 10.7. The monoisotopic (exact) mass is 199 g/mol. The maximum Gasteiger partial charge on any atom is 0.175 e. The van der Waals surface area contributed by atoms with Crippen molar-refractivity contribution >= 4 is 23.0 Å². The lowest BCUT2D eigenvalue weighted by atomic mass is 10.0. The molecule has 0 saturated carbocycles. The summed E-state index contributed by atoms with van der Waals surface area (Å²) in [6.45, 7) is 1.64. The van der Waals surface area contributed by atoms with Gasteiger partial charge in [-0.25, -0.2) is 0 Å². The Morgan fingerprint density at radius 1 is 1.77 bits per heavy atom. The van der Waals surface area contributed by atoms with Crippen molar-refractivity contribution in [3.8, 4) is 0 Å². The first-order valence-electron chi connectivity index (χ1n) is 4.06. The lowest BCUT2D eigenvalue weighted by molar-refractivity contribution is 0.112. The molecule has 0 atom stereocenters. The third kappa shape index (κ3) is 1.87. The Labute approximate surface area is 82.0 Å². The van der Waals surface area contributed by atoms with Crippen LogP contribution in [0.25, 0.3) is 0 Å². The number of carbonyl (C=O) groups excluding carboxylic acids is 1. The van der Waals surface area contributed by atoms with Gasteiger partial charge in [-0.1, -0.05) is 35.0 Å². The van der Waals surface area contributed by atoms with Crippen LogP contribution in [-0.2, 0) is 0 Å². The van der Waals surface area contributed by atoms with Gasteiger partial charge in [0.05, 0.1) is 0 Å². The van der Waals surface area contributed by atoms with E-state index >= 15 is 0 Å². The Morgan fingerprint density at radius 3 is 3.00 bits per heavy atom. The number of aldehydes is 1. The largest absolute Gasteiger partial charge is 0.410 e. The van der Waals surface area contributed by atoms with E-state index < -0.39 is 6.26 Å². The number of hydrogen-bond acceptors (Lipinski definition) is 3. The minimum absolute atomic E-state index is 0.0920. The van der Waals surface area contributed by atoms with Crippen LogP contribution in [0.4, 0.5) is 0 Å². The van der Waals surface area contributed by atoms with Crippen LogP contribution in [0.15, 0.2) is 23.4 Å². The zero-order valence-electron chi connectivity index (χ0n) is 7.91. The summed E-state index contributed by atoms with van der Waals surface area (Å²) in [6.07, 6.45) is -0.785. The summed E-state index contributed by atoms with van der Waals surface area (Å²) in [6, 6.07) is 4.72. The Balaban J connectivity index is 3.35. The van der Waals surface area contributed by atoms with E-state index in [0.29, 0.717) is 11.1 Å². The van der Waals surface area contributed by atoms with E-state index in [1.807, 2.05) is 0 Å². The van der Waals surface area contributed by atoms with Crippen LogP contribution < -0.4 is 0 Å². The Morgan fingerprint density at radius 2 is 2.46 bits per heavy atom. The summed E-state index contributed by atoms with van der Waals surface area (Å²) in [5.41, 5.74) is 1.24. The first-order chi connectivity index (χ1) is 6.57. The Bertz CT molecular complexity index is 404. The van der Waals surface area contributed by atoms with Gasteiger partial charge >= 0.3 is 0 Å². The SMILES string of the molecule is [3H]C(=O)c1cccc(/C(Cl)=N/O)c1C. The molecule has 0 saturated heterocycles. The fraction of sp³-hybridized carbons (Fsp3) is 0.111. The third-order valence-corrected chi connectivity index (χ3v) is 2.03. The van der Waals surface area contributed by atoms with Crippen molar-refractivity contribution in [2.75, 3.05) is 0 Å². The highest BCUT2D eigenvalue weighted by atomic mass is 35.5. The summed E-state index contributed by atoms with van der Waals surface area (Å²) < 4.78 is 6.97. The van der Waals surface area contributed by atoms with Gasteiger partial charge in [0, 0.05) is 11.1 Å². The third-order valence-electron chi connectivity index (χ3n) is 1.75. The first-order valence-corrected chi connectivity index (χ1v) is 3.94. The van der Waals surface area contributed by atoms with E-state index in [9.17, 15) is 4.79 Å². The van der Waals surface area contributed by atoms with E-state index in [-0.39, 0.29) is 10.7 Å². The molecular weight excluding hydrogens is 190 g/mol. The fourth-order valence-electron chi connectivity index (χ4n) is 1.02. The van der Waals surface area contributed by atoms with Crippen LogP contribution in [0.5, 0.6) is 0 Å². The molecule has 0 aliphatic heterocycles. The molecule has 1 N–H and O–H groups in total. The number of benzene rings is 1. The van der Waals surface area contributed by atoms with E-state index in [2.05, 4.69) is 5.16 Å². The molecule has 0 spiro atoms. The highest BCUT2D eigenvalue weighted by molar-refractivity contribution is 6.69. The first kappa shape index (κ1) is 8.26. The van der Waals surface area contributed by atoms with Crippen LogP contribution in [0.3, 0.4) is 0 Å². The quantitative estimate of drug-likeness (QED) is 0.344. The highest BCUT2D eigenvalue weighted by Gasteiger charge is 2.07. The van der Waals surface area contributed by atoms with Gasteiger partial charge in [-0.05, 0) is 12.5 Å². The van der Waals surface area contributed by atoms with Gasteiger partial charge in [-0.3, -0.25) is 4.79 Å². The fourth-order valence-corrected chi connectivity index (χ4v) is 1.23. The molecule has 0 unspecified atom stereocenters. The molecule has 3 nitrogen and oxygen atoms in total. The number of carbonyl (C=O) groups is 1. The van der Waals surface area contributed by atoms with Crippen LogP contribution in [0.2, 0.25) is 0 Å². The molecule has 0 heterocycles. The molecule has 68 valence electrons. The van der Waals surface area contributed by atoms with E-state index in [1.54, 1.807) is 19.1 Å². The van der Waals surface area contributed by atoms with E-state index in [0.717, 1.165) is 0 Å². The molecule has 1 aromatic rings. The molecule has 1 rings (SSSR count). The van der Waals surface area contributed by atoms with Crippen molar-refractivity contribution in [3.63, 3.8) is 0 Å². The lowest BCUT2D eigenvalue weighted by Crippen LogP contribution is -1.98. The zero-order valence-corrected chi connectivity index (χ0v) is 7.67. The van der Waals surface area contributed by atoms with Crippen molar-refractivity contribution in [1.82, 2.24) is 0 Å². The molecular formula is C9H8ClNO2. The molecule has 0 radical (unpaired) electrons. The number of nitrogens with zero attached hydrogens (tertiary/aromatic N) is 1. The van der Waals surface area contributed by atoms with Crippen molar-refractivity contribution < 1.29 is 11.4 Å². The van der Waals surface area contributed by atoms with Gasteiger partial charge in [0.1, 0.15) is 7.63 Å².